The summed E-state index contributed by atoms with van der Waals surface area (Å²) in [6, 6.07) is 10.4. The summed E-state index contributed by atoms with van der Waals surface area (Å²) in [7, 11) is 0. The largest absolute Gasteiger partial charge is 0.347 e. The highest BCUT2D eigenvalue weighted by atomic mass is 15.1. The Bertz CT molecular complexity index is 469. The molecule has 0 saturated carbocycles. The molecule has 2 N–H and O–H groups in total. The number of aromatic amines is 1. The molecule has 0 unspecified atom stereocenters. The summed E-state index contributed by atoms with van der Waals surface area (Å²) >= 11 is 0. The van der Waals surface area contributed by atoms with Crippen LogP contribution < -0.4 is 5.32 Å². The van der Waals surface area contributed by atoms with Crippen LogP contribution in [0.3, 0.4) is 0 Å². The Labute approximate surface area is 101 Å². The Morgan fingerprint density at radius 3 is 2.59 bits per heavy atom. The van der Waals surface area contributed by atoms with Gasteiger partial charge in [-0.15, -0.1) is 0 Å². The quantitative estimate of drug-likeness (QED) is 0.624. The summed E-state index contributed by atoms with van der Waals surface area (Å²) in [6.45, 7) is 4.08. The maximum atomic E-state index is 4.24. The van der Waals surface area contributed by atoms with Crippen LogP contribution in [-0.4, -0.2) is 22.6 Å². The lowest BCUT2D eigenvalue weighted by molar-refractivity contribution is 0.840. The van der Waals surface area contributed by atoms with Gasteiger partial charge in [-0.25, -0.2) is 0 Å². The molecule has 0 amide bonds. The minimum Gasteiger partial charge on any atom is -0.347 e. The standard InChI is InChI=1S/C13H16N4/c1-10(2)14-9-15-12-5-3-11(4-6-12)13-7-8-16-17-13/h3-10H,1-2H3,(H,14,15)(H,16,17). The second kappa shape index (κ2) is 5.30. The number of benzene rings is 1. The van der Waals surface area contributed by atoms with Gasteiger partial charge in [0.15, 0.2) is 0 Å². The van der Waals surface area contributed by atoms with Crippen molar-refractivity contribution in [3.8, 4) is 11.3 Å². The number of rotatable bonds is 4. The number of nitrogens with zero attached hydrogens (tertiary/aromatic N) is 2. The summed E-state index contributed by atoms with van der Waals surface area (Å²) < 4.78 is 0. The van der Waals surface area contributed by atoms with E-state index in [9.17, 15) is 0 Å². The van der Waals surface area contributed by atoms with Crippen molar-refractivity contribution in [1.82, 2.24) is 10.2 Å². The molecule has 0 atom stereocenters. The minimum absolute atomic E-state index is 0.312. The third kappa shape index (κ3) is 3.17. The normalized spacial score (nSPS) is 11.2. The molecule has 17 heavy (non-hydrogen) atoms. The molecule has 1 aromatic carbocycles. The molecular formula is C13H16N4. The van der Waals surface area contributed by atoms with Gasteiger partial charge in [0.1, 0.15) is 0 Å². The summed E-state index contributed by atoms with van der Waals surface area (Å²) in [6.07, 6.45) is 3.48. The van der Waals surface area contributed by atoms with Gasteiger partial charge in [0.25, 0.3) is 0 Å². The first-order valence-electron chi connectivity index (χ1n) is 5.63. The maximum Gasteiger partial charge on any atom is 0.0871 e. The van der Waals surface area contributed by atoms with Crippen molar-refractivity contribution >= 4 is 12.0 Å². The smallest absolute Gasteiger partial charge is 0.0871 e. The van der Waals surface area contributed by atoms with E-state index in [1.165, 1.54) is 0 Å². The van der Waals surface area contributed by atoms with Gasteiger partial charge in [-0.2, -0.15) is 5.10 Å². The molecule has 4 heteroatoms. The average Bonchev–Trinajstić information content (AvgIpc) is 2.83. The molecule has 4 nitrogen and oxygen atoms in total. The molecule has 0 aliphatic carbocycles. The second-order valence-electron chi connectivity index (χ2n) is 4.06. The fraction of sp³-hybridized carbons (Fsp3) is 0.231. The zero-order chi connectivity index (χ0) is 12.1. The van der Waals surface area contributed by atoms with Crippen LogP contribution in [0.2, 0.25) is 0 Å². The number of nitrogens with one attached hydrogen (secondary N) is 2. The van der Waals surface area contributed by atoms with Crippen LogP contribution in [0, 0.1) is 0 Å². The third-order valence-corrected chi connectivity index (χ3v) is 2.30. The lowest BCUT2D eigenvalue weighted by atomic mass is 10.1. The summed E-state index contributed by atoms with van der Waals surface area (Å²) in [5.74, 6) is 0. The van der Waals surface area contributed by atoms with Crippen molar-refractivity contribution in [2.24, 2.45) is 4.99 Å². The van der Waals surface area contributed by atoms with Crippen molar-refractivity contribution in [3.63, 3.8) is 0 Å². The Balaban J connectivity index is 2.03. The van der Waals surface area contributed by atoms with Gasteiger partial charge in [0.05, 0.1) is 12.0 Å². The molecule has 0 bridgehead atoms. The minimum atomic E-state index is 0.312. The van der Waals surface area contributed by atoms with Crippen molar-refractivity contribution in [3.05, 3.63) is 36.5 Å². The molecule has 1 heterocycles. The number of hydrogen-bond donors (Lipinski definition) is 2. The predicted molar refractivity (Wildman–Crippen MR) is 71.3 cm³/mol. The SMILES string of the molecule is CC(C)N=CNc1ccc(-c2ccn[nH]2)cc1. The molecule has 2 rings (SSSR count). The van der Waals surface area contributed by atoms with Gasteiger partial charge >= 0.3 is 0 Å². The van der Waals surface area contributed by atoms with Crippen molar-refractivity contribution in [1.29, 1.82) is 0 Å². The first-order valence-corrected chi connectivity index (χ1v) is 5.63. The van der Waals surface area contributed by atoms with Crippen molar-refractivity contribution in [2.75, 3.05) is 5.32 Å². The molecule has 0 spiro atoms. The van der Waals surface area contributed by atoms with E-state index in [-0.39, 0.29) is 0 Å². The van der Waals surface area contributed by atoms with Gasteiger partial charge in [-0.05, 0) is 37.6 Å². The highest BCUT2D eigenvalue weighted by Crippen LogP contribution is 2.18. The van der Waals surface area contributed by atoms with E-state index >= 15 is 0 Å². The summed E-state index contributed by atoms with van der Waals surface area (Å²) in [5, 5.41) is 9.99. The Hall–Kier alpha value is -2.10. The average molecular weight is 228 g/mol. The number of anilines is 1. The second-order valence-corrected chi connectivity index (χ2v) is 4.06. The van der Waals surface area contributed by atoms with Gasteiger partial charge in [0, 0.05) is 17.9 Å². The van der Waals surface area contributed by atoms with E-state index < -0.39 is 0 Å². The summed E-state index contributed by atoms with van der Waals surface area (Å²) in [5.41, 5.74) is 3.17. The predicted octanol–water partition coefficient (Wildman–Crippen LogP) is 2.93. The fourth-order valence-corrected chi connectivity index (χ4v) is 1.42. The van der Waals surface area contributed by atoms with Crippen LogP contribution in [0.4, 0.5) is 5.69 Å². The monoisotopic (exact) mass is 228 g/mol. The van der Waals surface area contributed by atoms with Crippen LogP contribution in [-0.2, 0) is 0 Å². The van der Waals surface area contributed by atoms with E-state index in [0.29, 0.717) is 6.04 Å². The van der Waals surface area contributed by atoms with Gasteiger partial charge < -0.3 is 5.32 Å². The molecule has 0 radical (unpaired) electrons. The van der Waals surface area contributed by atoms with E-state index in [4.69, 9.17) is 0 Å². The van der Waals surface area contributed by atoms with E-state index in [0.717, 1.165) is 16.9 Å². The van der Waals surface area contributed by atoms with Crippen LogP contribution in [0.5, 0.6) is 0 Å². The van der Waals surface area contributed by atoms with E-state index in [2.05, 4.69) is 20.5 Å². The van der Waals surface area contributed by atoms with Gasteiger partial charge in [-0.1, -0.05) is 12.1 Å². The van der Waals surface area contributed by atoms with Gasteiger partial charge in [0.2, 0.25) is 0 Å². The first kappa shape index (κ1) is 11.4. The first-order chi connectivity index (χ1) is 8.25. The van der Waals surface area contributed by atoms with Crippen LogP contribution in [0.15, 0.2) is 41.5 Å². The number of H-pyrrole nitrogens is 1. The van der Waals surface area contributed by atoms with Crippen molar-refractivity contribution in [2.45, 2.75) is 19.9 Å². The fourth-order valence-electron chi connectivity index (χ4n) is 1.42. The third-order valence-electron chi connectivity index (χ3n) is 2.30. The number of hydrogen-bond acceptors (Lipinski definition) is 2. The van der Waals surface area contributed by atoms with E-state index in [1.807, 2.05) is 44.2 Å². The molecule has 0 saturated heterocycles. The molecule has 0 fully saturated rings. The molecule has 1 aromatic heterocycles. The molecule has 88 valence electrons. The van der Waals surface area contributed by atoms with Crippen molar-refractivity contribution < 1.29 is 0 Å². The van der Waals surface area contributed by atoms with Gasteiger partial charge in [-0.3, -0.25) is 10.1 Å². The zero-order valence-electron chi connectivity index (χ0n) is 10.0. The molecule has 0 aliphatic rings. The number of aromatic nitrogens is 2. The lowest BCUT2D eigenvalue weighted by Gasteiger charge is -2.02. The number of aliphatic imine (C=N–C) groups is 1. The zero-order valence-corrected chi connectivity index (χ0v) is 10.0. The van der Waals surface area contributed by atoms with Crippen LogP contribution in [0.25, 0.3) is 11.3 Å². The Morgan fingerprint density at radius 1 is 1.24 bits per heavy atom. The maximum absolute atomic E-state index is 4.24. The Kier molecular flexibility index (Phi) is 3.55. The Morgan fingerprint density at radius 2 is 2.00 bits per heavy atom. The van der Waals surface area contributed by atoms with Crippen LogP contribution in [0.1, 0.15) is 13.8 Å². The molecular weight excluding hydrogens is 212 g/mol. The molecule has 0 aliphatic heterocycles. The highest BCUT2D eigenvalue weighted by molar-refractivity contribution is 5.76. The lowest BCUT2D eigenvalue weighted by Crippen LogP contribution is -1.98. The summed E-state index contributed by atoms with van der Waals surface area (Å²) in [4.78, 5) is 4.24. The highest BCUT2D eigenvalue weighted by Gasteiger charge is 1.97. The molecule has 2 aromatic rings. The topological polar surface area (TPSA) is 53.1 Å². The van der Waals surface area contributed by atoms with E-state index in [1.54, 1.807) is 12.5 Å². The van der Waals surface area contributed by atoms with Crippen LogP contribution >= 0.6 is 0 Å².